The molecule has 0 unspecified atom stereocenters. The molecule has 21 heavy (non-hydrogen) atoms. The van der Waals surface area contributed by atoms with Crippen LogP contribution in [-0.4, -0.2) is 36.0 Å². The molecule has 2 aromatic carbocycles. The number of nitrogens with one attached hydrogen (secondary N) is 1. The highest BCUT2D eigenvalue weighted by atomic mass is 16.6. The van der Waals surface area contributed by atoms with Gasteiger partial charge in [-0.05, 0) is 25.2 Å². The Labute approximate surface area is 124 Å². The SMILES string of the molecule is CCN(CC)CCNc1ccc([N+](=O)[O-])c2ccccc12. The molecule has 0 aliphatic rings. The molecule has 0 bridgehead atoms. The van der Waals surface area contributed by atoms with Gasteiger partial charge in [0.15, 0.2) is 0 Å². The van der Waals surface area contributed by atoms with E-state index < -0.39 is 0 Å². The van der Waals surface area contributed by atoms with E-state index in [0.717, 1.165) is 37.3 Å². The fourth-order valence-electron chi connectivity index (χ4n) is 2.49. The second kappa shape index (κ2) is 7.04. The van der Waals surface area contributed by atoms with Crippen molar-refractivity contribution in [1.82, 2.24) is 4.90 Å². The van der Waals surface area contributed by atoms with E-state index in [1.54, 1.807) is 18.2 Å². The number of nitro benzene ring substituents is 1. The minimum absolute atomic E-state index is 0.153. The van der Waals surface area contributed by atoms with Gasteiger partial charge in [-0.1, -0.05) is 32.0 Å². The van der Waals surface area contributed by atoms with Gasteiger partial charge in [0.05, 0.1) is 10.3 Å². The summed E-state index contributed by atoms with van der Waals surface area (Å²) in [6.07, 6.45) is 0. The lowest BCUT2D eigenvalue weighted by molar-refractivity contribution is -0.383. The molecule has 0 amide bonds. The predicted molar refractivity (Wildman–Crippen MR) is 86.9 cm³/mol. The van der Waals surface area contributed by atoms with Crippen molar-refractivity contribution in [2.24, 2.45) is 0 Å². The quantitative estimate of drug-likeness (QED) is 0.625. The monoisotopic (exact) mass is 287 g/mol. The largest absolute Gasteiger partial charge is 0.383 e. The maximum atomic E-state index is 11.1. The highest BCUT2D eigenvalue weighted by Crippen LogP contribution is 2.31. The molecule has 2 aromatic rings. The average Bonchev–Trinajstić information content (AvgIpc) is 2.51. The van der Waals surface area contributed by atoms with Crippen molar-refractivity contribution in [3.05, 3.63) is 46.5 Å². The minimum atomic E-state index is -0.331. The maximum absolute atomic E-state index is 11.1. The molecule has 0 saturated heterocycles. The van der Waals surface area contributed by atoms with Crippen LogP contribution in [0.4, 0.5) is 11.4 Å². The van der Waals surface area contributed by atoms with Crippen molar-refractivity contribution in [3.63, 3.8) is 0 Å². The summed E-state index contributed by atoms with van der Waals surface area (Å²) >= 11 is 0. The van der Waals surface area contributed by atoms with E-state index in [0.29, 0.717) is 5.39 Å². The Morgan fingerprint density at radius 3 is 2.38 bits per heavy atom. The molecule has 0 spiro atoms. The number of anilines is 1. The lowest BCUT2D eigenvalue weighted by Crippen LogP contribution is -2.28. The molecule has 0 aliphatic heterocycles. The van der Waals surface area contributed by atoms with E-state index in [1.807, 2.05) is 18.2 Å². The van der Waals surface area contributed by atoms with Crippen molar-refractivity contribution < 1.29 is 4.92 Å². The fourth-order valence-corrected chi connectivity index (χ4v) is 2.49. The minimum Gasteiger partial charge on any atom is -0.383 e. The van der Waals surface area contributed by atoms with Crippen molar-refractivity contribution in [3.8, 4) is 0 Å². The van der Waals surface area contributed by atoms with E-state index in [9.17, 15) is 10.1 Å². The standard InChI is InChI=1S/C16H21N3O2/c1-3-18(4-2)12-11-17-15-9-10-16(19(20)21)14-8-6-5-7-13(14)15/h5-10,17H,3-4,11-12H2,1-2H3. The number of fused-ring (bicyclic) bond motifs is 1. The molecule has 0 fully saturated rings. The maximum Gasteiger partial charge on any atom is 0.277 e. The van der Waals surface area contributed by atoms with Crippen LogP contribution >= 0.6 is 0 Å². The molecule has 5 nitrogen and oxygen atoms in total. The Hall–Kier alpha value is -2.14. The number of hydrogen-bond acceptors (Lipinski definition) is 4. The van der Waals surface area contributed by atoms with Gasteiger partial charge in [0, 0.05) is 30.2 Å². The zero-order valence-electron chi connectivity index (χ0n) is 12.5. The van der Waals surface area contributed by atoms with E-state index in [2.05, 4.69) is 24.1 Å². The molecule has 0 atom stereocenters. The molecular weight excluding hydrogens is 266 g/mol. The first kappa shape index (κ1) is 15.3. The van der Waals surface area contributed by atoms with Crippen molar-refractivity contribution >= 4 is 22.1 Å². The van der Waals surface area contributed by atoms with Crippen molar-refractivity contribution in [1.29, 1.82) is 0 Å². The zero-order chi connectivity index (χ0) is 15.2. The van der Waals surface area contributed by atoms with Crippen LogP contribution < -0.4 is 5.32 Å². The van der Waals surface area contributed by atoms with Gasteiger partial charge in [-0.3, -0.25) is 10.1 Å². The summed E-state index contributed by atoms with van der Waals surface area (Å²) in [4.78, 5) is 13.1. The Morgan fingerprint density at radius 2 is 1.76 bits per heavy atom. The summed E-state index contributed by atoms with van der Waals surface area (Å²) < 4.78 is 0. The topological polar surface area (TPSA) is 58.4 Å². The number of rotatable bonds is 7. The third kappa shape index (κ3) is 3.49. The van der Waals surface area contributed by atoms with Crippen LogP contribution in [0.3, 0.4) is 0 Å². The van der Waals surface area contributed by atoms with Gasteiger partial charge in [0.2, 0.25) is 0 Å². The molecule has 0 aromatic heterocycles. The lowest BCUT2D eigenvalue weighted by atomic mass is 10.1. The van der Waals surface area contributed by atoms with Gasteiger partial charge in [-0.15, -0.1) is 0 Å². The van der Waals surface area contributed by atoms with Gasteiger partial charge in [-0.2, -0.15) is 0 Å². The number of likely N-dealkylation sites (N-methyl/N-ethyl adjacent to an activating group) is 1. The number of nitrogens with zero attached hydrogens (tertiary/aromatic N) is 2. The molecule has 5 heteroatoms. The summed E-state index contributed by atoms with van der Waals surface area (Å²) in [5.41, 5.74) is 1.10. The Kier molecular flexibility index (Phi) is 5.11. The van der Waals surface area contributed by atoms with E-state index in [4.69, 9.17) is 0 Å². The summed E-state index contributed by atoms with van der Waals surface area (Å²) in [5, 5.41) is 16.0. The molecule has 0 radical (unpaired) electrons. The third-order valence-electron chi connectivity index (χ3n) is 3.74. The molecule has 2 rings (SSSR count). The van der Waals surface area contributed by atoms with Gasteiger partial charge in [0.1, 0.15) is 0 Å². The normalized spacial score (nSPS) is 11.0. The third-order valence-corrected chi connectivity index (χ3v) is 3.74. The summed E-state index contributed by atoms with van der Waals surface area (Å²) in [5.74, 6) is 0. The number of non-ortho nitro benzene ring substituents is 1. The number of nitro groups is 1. The lowest BCUT2D eigenvalue weighted by Gasteiger charge is -2.19. The Morgan fingerprint density at radius 1 is 1.10 bits per heavy atom. The van der Waals surface area contributed by atoms with E-state index in [-0.39, 0.29) is 10.6 Å². The molecule has 1 N–H and O–H groups in total. The van der Waals surface area contributed by atoms with Crippen LogP contribution in [-0.2, 0) is 0 Å². The molecule has 0 aliphatic carbocycles. The Balaban J connectivity index is 2.21. The zero-order valence-corrected chi connectivity index (χ0v) is 12.5. The molecular formula is C16H21N3O2. The highest BCUT2D eigenvalue weighted by molar-refractivity contribution is 5.99. The van der Waals surface area contributed by atoms with Crippen LogP contribution in [0, 0.1) is 10.1 Å². The van der Waals surface area contributed by atoms with Gasteiger partial charge in [0.25, 0.3) is 5.69 Å². The molecule has 112 valence electrons. The fraction of sp³-hybridized carbons (Fsp3) is 0.375. The first-order chi connectivity index (χ1) is 10.2. The van der Waals surface area contributed by atoms with Crippen molar-refractivity contribution in [2.75, 3.05) is 31.5 Å². The Bertz CT molecular complexity index is 624. The van der Waals surface area contributed by atoms with Crippen LogP contribution in [0.15, 0.2) is 36.4 Å². The van der Waals surface area contributed by atoms with Crippen molar-refractivity contribution in [2.45, 2.75) is 13.8 Å². The average molecular weight is 287 g/mol. The van der Waals surface area contributed by atoms with Crippen LogP contribution in [0.1, 0.15) is 13.8 Å². The molecule has 0 heterocycles. The number of hydrogen-bond donors (Lipinski definition) is 1. The van der Waals surface area contributed by atoms with Gasteiger partial charge >= 0.3 is 0 Å². The van der Waals surface area contributed by atoms with Gasteiger partial charge in [-0.25, -0.2) is 0 Å². The second-order valence-corrected chi connectivity index (χ2v) is 4.89. The molecule has 0 saturated carbocycles. The van der Waals surface area contributed by atoms with E-state index >= 15 is 0 Å². The first-order valence-electron chi connectivity index (χ1n) is 7.29. The summed E-state index contributed by atoms with van der Waals surface area (Å²) in [6, 6.07) is 10.8. The summed E-state index contributed by atoms with van der Waals surface area (Å²) in [7, 11) is 0. The predicted octanol–water partition coefficient (Wildman–Crippen LogP) is 3.50. The second-order valence-electron chi connectivity index (χ2n) is 4.89. The van der Waals surface area contributed by atoms with E-state index in [1.165, 1.54) is 0 Å². The number of benzene rings is 2. The highest BCUT2D eigenvalue weighted by Gasteiger charge is 2.13. The smallest absolute Gasteiger partial charge is 0.277 e. The first-order valence-corrected chi connectivity index (χ1v) is 7.29. The van der Waals surface area contributed by atoms with Crippen LogP contribution in [0.25, 0.3) is 10.8 Å². The van der Waals surface area contributed by atoms with Gasteiger partial charge < -0.3 is 10.2 Å². The van der Waals surface area contributed by atoms with Crippen LogP contribution in [0.5, 0.6) is 0 Å². The summed E-state index contributed by atoms with van der Waals surface area (Å²) in [6.45, 7) is 8.12. The van der Waals surface area contributed by atoms with Crippen LogP contribution in [0.2, 0.25) is 0 Å².